The van der Waals surface area contributed by atoms with Gasteiger partial charge in [0, 0.05) is 18.4 Å². The lowest BCUT2D eigenvalue weighted by Crippen LogP contribution is -2.11. The van der Waals surface area contributed by atoms with Crippen LogP contribution in [0.4, 0.5) is 0 Å². The molecule has 0 aromatic carbocycles. The molecular formula is C9H9I2N3. The molecule has 1 aromatic rings. The number of hydrogen-bond acceptors (Lipinski definition) is 2. The average molecular weight is 413 g/mol. The summed E-state index contributed by atoms with van der Waals surface area (Å²) in [5, 5.41) is 8.72. The lowest BCUT2D eigenvalue weighted by Gasteiger charge is -2.12. The van der Waals surface area contributed by atoms with E-state index in [1.807, 2.05) is 6.33 Å². The zero-order chi connectivity index (χ0) is 10.2. The molecule has 1 aromatic heterocycles. The summed E-state index contributed by atoms with van der Waals surface area (Å²) in [5.74, 6) is 0. The zero-order valence-corrected chi connectivity index (χ0v) is 11.8. The van der Waals surface area contributed by atoms with Crippen molar-refractivity contribution in [2.45, 2.75) is 25.8 Å². The zero-order valence-electron chi connectivity index (χ0n) is 7.50. The van der Waals surface area contributed by atoms with Crippen LogP contribution in [0.1, 0.15) is 19.3 Å². The van der Waals surface area contributed by atoms with Crippen LogP contribution in [0.5, 0.6) is 0 Å². The molecule has 0 atom stereocenters. The Morgan fingerprint density at radius 1 is 1.57 bits per heavy atom. The number of halogens is 2. The molecule has 0 N–H and O–H groups in total. The number of imidazole rings is 1. The van der Waals surface area contributed by atoms with Gasteiger partial charge in [0.1, 0.15) is 7.40 Å². The van der Waals surface area contributed by atoms with Gasteiger partial charge < -0.3 is 4.57 Å². The minimum absolute atomic E-state index is 0.262. The van der Waals surface area contributed by atoms with Gasteiger partial charge in [-0.05, 0) is 58.0 Å². The second kappa shape index (κ2) is 3.96. The van der Waals surface area contributed by atoms with Crippen molar-refractivity contribution in [1.82, 2.24) is 9.55 Å². The van der Waals surface area contributed by atoms with Crippen LogP contribution in [0, 0.1) is 24.1 Å². The maximum absolute atomic E-state index is 8.72. The molecule has 0 bridgehead atoms. The van der Waals surface area contributed by atoms with Crippen molar-refractivity contribution in [3.63, 3.8) is 0 Å². The molecule has 74 valence electrons. The van der Waals surface area contributed by atoms with Gasteiger partial charge in [-0.3, -0.25) is 0 Å². The highest BCUT2D eigenvalue weighted by molar-refractivity contribution is 14.1. The lowest BCUT2D eigenvalue weighted by atomic mass is 10.0. The number of nitrogens with zero attached hydrogens (tertiary/aromatic N) is 3. The smallest absolute Gasteiger partial charge is 0.132 e. The van der Waals surface area contributed by atoms with E-state index in [4.69, 9.17) is 5.26 Å². The van der Waals surface area contributed by atoms with Crippen molar-refractivity contribution in [3.8, 4) is 6.07 Å². The van der Waals surface area contributed by atoms with Crippen LogP contribution in [0.15, 0.2) is 6.33 Å². The van der Waals surface area contributed by atoms with Gasteiger partial charge in [-0.25, -0.2) is 4.98 Å². The predicted molar refractivity (Wildman–Crippen MR) is 69.6 cm³/mol. The van der Waals surface area contributed by atoms with Crippen molar-refractivity contribution in [3.05, 3.63) is 13.7 Å². The highest BCUT2D eigenvalue weighted by Crippen LogP contribution is 2.50. The van der Waals surface area contributed by atoms with Crippen LogP contribution >= 0.6 is 45.2 Å². The molecule has 1 aliphatic rings. The molecule has 0 unspecified atom stereocenters. The second-order valence-corrected chi connectivity index (χ2v) is 5.83. The van der Waals surface area contributed by atoms with E-state index in [0.717, 1.165) is 10.2 Å². The molecular weight excluding hydrogens is 404 g/mol. The first-order valence-corrected chi connectivity index (χ1v) is 6.56. The number of rotatable bonds is 3. The van der Waals surface area contributed by atoms with Gasteiger partial charge in [-0.15, -0.1) is 0 Å². The van der Waals surface area contributed by atoms with E-state index in [1.165, 1.54) is 16.5 Å². The first-order valence-electron chi connectivity index (χ1n) is 4.40. The molecule has 0 saturated heterocycles. The van der Waals surface area contributed by atoms with Crippen molar-refractivity contribution >= 4 is 45.2 Å². The van der Waals surface area contributed by atoms with Gasteiger partial charge in [0.15, 0.2) is 0 Å². The molecule has 0 aliphatic heterocycles. The topological polar surface area (TPSA) is 41.6 Å². The summed E-state index contributed by atoms with van der Waals surface area (Å²) >= 11 is 4.54. The molecule has 5 heteroatoms. The number of nitriles is 1. The highest BCUT2D eigenvalue weighted by atomic mass is 127. The monoisotopic (exact) mass is 413 g/mol. The van der Waals surface area contributed by atoms with Gasteiger partial charge in [0.2, 0.25) is 0 Å². The molecule has 1 heterocycles. The summed E-state index contributed by atoms with van der Waals surface area (Å²) < 4.78 is 4.40. The SMILES string of the molecule is N#CCC1(Cn2cnc(I)c2I)CC1. The lowest BCUT2D eigenvalue weighted by molar-refractivity contribution is 0.426. The highest BCUT2D eigenvalue weighted by Gasteiger charge is 2.43. The molecule has 0 amide bonds. The summed E-state index contributed by atoms with van der Waals surface area (Å²) in [6, 6.07) is 2.28. The number of aromatic nitrogens is 2. The van der Waals surface area contributed by atoms with E-state index in [0.29, 0.717) is 6.42 Å². The normalized spacial score (nSPS) is 17.8. The van der Waals surface area contributed by atoms with Crippen LogP contribution in [0.3, 0.4) is 0 Å². The second-order valence-electron chi connectivity index (χ2n) is 3.79. The predicted octanol–water partition coefficient (Wildman–Crippen LogP) is 2.79. The van der Waals surface area contributed by atoms with Gasteiger partial charge in [-0.1, -0.05) is 0 Å². The Kier molecular flexibility index (Phi) is 3.02. The Bertz CT molecular complexity index is 387. The van der Waals surface area contributed by atoms with Crippen molar-refractivity contribution in [1.29, 1.82) is 5.26 Å². The molecule has 2 rings (SSSR count). The van der Waals surface area contributed by atoms with E-state index in [1.54, 1.807) is 0 Å². The van der Waals surface area contributed by atoms with E-state index in [9.17, 15) is 0 Å². The Morgan fingerprint density at radius 2 is 2.29 bits per heavy atom. The molecule has 3 nitrogen and oxygen atoms in total. The summed E-state index contributed by atoms with van der Waals surface area (Å²) in [4.78, 5) is 4.25. The van der Waals surface area contributed by atoms with E-state index in [-0.39, 0.29) is 5.41 Å². The fourth-order valence-electron chi connectivity index (χ4n) is 1.55. The Morgan fingerprint density at radius 3 is 2.71 bits per heavy atom. The Hall–Kier alpha value is 0.160. The summed E-state index contributed by atoms with van der Waals surface area (Å²) in [7, 11) is 0. The summed E-state index contributed by atoms with van der Waals surface area (Å²) in [5.41, 5.74) is 0.262. The quantitative estimate of drug-likeness (QED) is 0.716. The first kappa shape index (κ1) is 10.7. The molecule has 1 aliphatic carbocycles. The summed E-state index contributed by atoms with van der Waals surface area (Å²) in [6.45, 7) is 0.953. The third-order valence-electron chi connectivity index (χ3n) is 2.65. The van der Waals surface area contributed by atoms with Crippen LogP contribution in [0.2, 0.25) is 0 Å². The number of hydrogen-bond donors (Lipinski definition) is 0. The van der Waals surface area contributed by atoms with Crippen LogP contribution in [0.25, 0.3) is 0 Å². The Balaban J connectivity index is 2.12. The van der Waals surface area contributed by atoms with E-state index >= 15 is 0 Å². The van der Waals surface area contributed by atoms with E-state index in [2.05, 4.69) is 60.8 Å². The van der Waals surface area contributed by atoms with Crippen molar-refractivity contribution in [2.24, 2.45) is 5.41 Å². The van der Waals surface area contributed by atoms with E-state index < -0.39 is 0 Å². The van der Waals surface area contributed by atoms with Gasteiger partial charge in [-0.2, -0.15) is 5.26 Å². The standard InChI is InChI=1S/C9H9I2N3/c10-7-8(11)14(6-13-7)5-9(1-2-9)3-4-12/h6H,1-3,5H2. The van der Waals surface area contributed by atoms with Crippen LogP contribution in [-0.2, 0) is 6.54 Å². The van der Waals surface area contributed by atoms with Gasteiger partial charge in [0.25, 0.3) is 0 Å². The minimum Gasteiger partial charge on any atom is -0.325 e. The molecule has 0 radical (unpaired) electrons. The molecule has 1 fully saturated rings. The third-order valence-corrected chi connectivity index (χ3v) is 5.60. The molecule has 0 spiro atoms. The maximum Gasteiger partial charge on any atom is 0.132 e. The fraction of sp³-hybridized carbons (Fsp3) is 0.556. The van der Waals surface area contributed by atoms with Gasteiger partial charge >= 0.3 is 0 Å². The first-order chi connectivity index (χ1) is 6.67. The van der Waals surface area contributed by atoms with Crippen molar-refractivity contribution in [2.75, 3.05) is 0 Å². The Labute approximate surface area is 110 Å². The van der Waals surface area contributed by atoms with Gasteiger partial charge in [0.05, 0.1) is 12.4 Å². The minimum atomic E-state index is 0.262. The van der Waals surface area contributed by atoms with Crippen LogP contribution in [-0.4, -0.2) is 9.55 Å². The molecule has 1 saturated carbocycles. The van der Waals surface area contributed by atoms with Crippen LogP contribution < -0.4 is 0 Å². The van der Waals surface area contributed by atoms with Crippen molar-refractivity contribution < 1.29 is 0 Å². The fourth-order valence-corrected chi connectivity index (χ4v) is 2.42. The maximum atomic E-state index is 8.72. The molecule has 14 heavy (non-hydrogen) atoms. The largest absolute Gasteiger partial charge is 0.325 e. The average Bonchev–Trinajstić information content (AvgIpc) is 2.85. The summed E-state index contributed by atoms with van der Waals surface area (Å²) in [6.07, 6.45) is 4.93. The third kappa shape index (κ3) is 2.05.